The minimum Gasteiger partial charge on any atom is -0.480 e. The number of halogens is 1. The Morgan fingerprint density at radius 3 is 2.92 bits per heavy atom. The molecule has 1 aliphatic carbocycles. The van der Waals surface area contributed by atoms with Gasteiger partial charge in [0.15, 0.2) is 0 Å². The highest BCUT2D eigenvalue weighted by molar-refractivity contribution is 6.31. The van der Waals surface area contributed by atoms with Crippen LogP contribution in [0.15, 0.2) is 24.4 Å². The van der Waals surface area contributed by atoms with E-state index in [4.69, 9.17) is 16.7 Å². The first-order valence-corrected chi connectivity index (χ1v) is 8.60. The van der Waals surface area contributed by atoms with Gasteiger partial charge in [-0.1, -0.05) is 18.5 Å². The zero-order valence-electron chi connectivity index (χ0n) is 13.9. The molecule has 0 amide bonds. The summed E-state index contributed by atoms with van der Waals surface area (Å²) < 4.78 is 0. The van der Waals surface area contributed by atoms with E-state index >= 15 is 0 Å². The minimum atomic E-state index is -0.806. The molecule has 130 valence electrons. The van der Waals surface area contributed by atoms with Gasteiger partial charge < -0.3 is 10.4 Å². The average molecular weight is 359 g/mol. The van der Waals surface area contributed by atoms with Crippen LogP contribution in [-0.4, -0.2) is 46.1 Å². The van der Waals surface area contributed by atoms with Gasteiger partial charge in [0.1, 0.15) is 6.07 Å². The molecule has 25 heavy (non-hydrogen) atoms. The Labute approximate surface area is 151 Å². The zero-order valence-corrected chi connectivity index (χ0v) is 14.6. The summed E-state index contributed by atoms with van der Waals surface area (Å²) in [5, 5.41) is 23.2. The molecule has 1 heterocycles. The van der Waals surface area contributed by atoms with Crippen molar-refractivity contribution < 1.29 is 9.90 Å². The molecule has 1 aliphatic rings. The van der Waals surface area contributed by atoms with Crippen LogP contribution >= 0.6 is 11.6 Å². The molecule has 0 aliphatic heterocycles. The van der Waals surface area contributed by atoms with Crippen LogP contribution < -0.4 is 5.32 Å². The largest absolute Gasteiger partial charge is 0.480 e. The quantitative estimate of drug-likeness (QED) is 0.824. The lowest BCUT2D eigenvalue weighted by Gasteiger charge is -2.42. The van der Waals surface area contributed by atoms with Gasteiger partial charge in [-0.15, -0.1) is 0 Å². The van der Waals surface area contributed by atoms with Gasteiger partial charge in [-0.2, -0.15) is 5.26 Å². The Hall–Kier alpha value is -2.36. The molecule has 1 fully saturated rings. The summed E-state index contributed by atoms with van der Waals surface area (Å²) in [5.41, 5.74) is 2.01. The molecule has 0 radical (unpaired) electrons. The van der Waals surface area contributed by atoms with Crippen molar-refractivity contribution in [1.82, 2.24) is 9.88 Å². The number of benzene rings is 1. The molecular formula is C18H19ClN4O2. The van der Waals surface area contributed by atoms with E-state index in [1.807, 2.05) is 24.0 Å². The van der Waals surface area contributed by atoms with E-state index in [-0.39, 0.29) is 18.6 Å². The van der Waals surface area contributed by atoms with Crippen LogP contribution in [0.4, 0.5) is 5.69 Å². The minimum absolute atomic E-state index is 0.0606. The molecule has 2 N–H and O–H groups in total. The number of likely N-dealkylation sites (N-methyl/N-ethyl adjacent to an activating group) is 1. The fraction of sp³-hybridized carbons (Fsp3) is 0.389. The molecule has 1 aromatic heterocycles. The van der Waals surface area contributed by atoms with Crippen molar-refractivity contribution in [1.29, 1.82) is 5.26 Å². The molecule has 0 saturated heterocycles. The lowest BCUT2D eigenvalue weighted by Crippen LogP contribution is -2.51. The fourth-order valence-electron chi connectivity index (χ4n) is 3.29. The molecule has 1 aromatic carbocycles. The summed E-state index contributed by atoms with van der Waals surface area (Å²) in [5.74, 6) is -0.806. The van der Waals surface area contributed by atoms with Gasteiger partial charge in [0.25, 0.3) is 0 Å². The standard InChI is InChI=1S/C18H19ClN4O2/c1-2-23(10-17(24)25)14-6-13(7-14)22-18-11(8-20)9-21-16-4-3-12(19)5-15(16)18/h3-5,9,13-14H,2,6-7,10H2,1H3,(H,21,22)(H,24,25). The molecule has 1 saturated carbocycles. The third kappa shape index (κ3) is 3.68. The Kier molecular flexibility index (Phi) is 5.07. The number of carboxylic acids is 1. The number of nitrogens with one attached hydrogen (secondary N) is 1. The monoisotopic (exact) mass is 358 g/mol. The van der Waals surface area contributed by atoms with Crippen LogP contribution in [0.3, 0.4) is 0 Å². The van der Waals surface area contributed by atoms with Crippen LogP contribution in [0, 0.1) is 11.3 Å². The summed E-state index contributed by atoms with van der Waals surface area (Å²) in [6, 6.07) is 8.04. The Morgan fingerprint density at radius 1 is 1.52 bits per heavy atom. The van der Waals surface area contributed by atoms with Crippen molar-refractivity contribution in [3.63, 3.8) is 0 Å². The summed E-state index contributed by atoms with van der Waals surface area (Å²) in [7, 11) is 0. The van der Waals surface area contributed by atoms with Crippen molar-refractivity contribution in [2.45, 2.75) is 31.8 Å². The van der Waals surface area contributed by atoms with E-state index in [1.165, 1.54) is 0 Å². The summed E-state index contributed by atoms with van der Waals surface area (Å²) in [6.07, 6.45) is 3.25. The molecule has 2 aromatic rings. The molecule has 0 atom stereocenters. The third-order valence-electron chi connectivity index (χ3n) is 4.67. The fourth-order valence-corrected chi connectivity index (χ4v) is 3.46. The van der Waals surface area contributed by atoms with Crippen LogP contribution in [0.25, 0.3) is 10.9 Å². The van der Waals surface area contributed by atoms with Crippen LogP contribution in [0.2, 0.25) is 5.02 Å². The van der Waals surface area contributed by atoms with Gasteiger partial charge in [-0.25, -0.2) is 0 Å². The number of carboxylic acid groups (broad SMARTS) is 1. The van der Waals surface area contributed by atoms with E-state index in [9.17, 15) is 10.1 Å². The van der Waals surface area contributed by atoms with Gasteiger partial charge in [0.05, 0.1) is 23.3 Å². The molecule has 0 bridgehead atoms. The maximum absolute atomic E-state index is 10.9. The molecule has 0 unspecified atom stereocenters. The first-order chi connectivity index (χ1) is 12.0. The molecule has 3 rings (SSSR count). The van der Waals surface area contributed by atoms with Crippen LogP contribution in [-0.2, 0) is 4.79 Å². The van der Waals surface area contributed by atoms with E-state index in [0.717, 1.165) is 29.4 Å². The smallest absolute Gasteiger partial charge is 0.317 e. The Balaban J connectivity index is 1.77. The van der Waals surface area contributed by atoms with Crippen molar-refractivity contribution >= 4 is 34.2 Å². The first-order valence-electron chi connectivity index (χ1n) is 8.22. The second-order valence-electron chi connectivity index (χ2n) is 6.24. The van der Waals surface area contributed by atoms with Gasteiger partial charge in [0, 0.05) is 28.7 Å². The van der Waals surface area contributed by atoms with Gasteiger partial charge in [0.2, 0.25) is 0 Å². The summed E-state index contributed by atoms with van der Waals surface area (Å²) >= 11 is 6.10. The normalized spacial score (nSPS) is 19.4. The average Bonchev–Trinajstić information content (AvgIpc) is 2.55. The highest BCUT2D eigenvalue weighted by Crippen LogP contribution is 2.33. The lowest BCUT2D eigenvalue weighted by atomic mass is 9.85. The number of nitriles is 1. The Bertz CT molecular complexity index is 843. The van der Waals surface area contributed by atoms with Gasteiger partial charge in [-0.05, 0) is 37.6 Å². The molecular weight excluding hydrogens is 340 g/mol. The van der Waals surface area contributed by atoms with Crippen molar-refractivity contribution in [2.75, 3.05) is 18.4 Å². The van der Waals surface area contributed by atoms with E-state index in [0.29, 0.717) is 17.1 Å². The number of pyridine rings is 1. The molecule has 6 nitrogen and oxygen atoms in total. The van der Waals surface area contributed by atoms with Crippen molar-refractivity contribution in [2.24, 2.45) is 0 Å². The highest BCUT2D eigenvalue weighted by Gasteiger charge is 2.34. The predicted molar refractivity (Wildman–Crippen MR) is 96.8 cm³/mol. The number of hydrogen-bond donors (Lipinski definition) is 2. The highest BCUT2D eigenvalue weighted by atomic mass is 35.5. The number of anilines is 1. The van der Waals surface area contributed by atoms with Gasteiger partial charge >= 0.3 is 5.97 Å². The number of fused-ring (bicyclic) bond motifs is 1. The van der Waals surface area contributed by atoms with E-state index < -0.39 is 5.97 Å². The topological polar surface area (TPSA) is 89.3 Å². The lowest BCUT2D eigenvalue weighted by molar-refractivity contribution is -0.139. The summed E-state index contributed by atoms with van der Waals surface area (Å²) in [6.45, 7) is 2.74. The van der Waals surface area contributed by atoms with Crippen LogP contribution in [0.5, 0.6) is 0 Å². The maximum atomic E-state index is 10.9. The third-order valence-corrected chi connectivity index (χ3v) is 4.91. The number of aliphatic carboxylic acids is 1. The van der Waals surface area contributed by atoms with Crippen LogP contribution in [0.1, 0.15) is 25.3 Å². The van der Waals surface area contributed by atoms with Crippen molar-refractivity contribution in [3.05, 3.63) is 35.0 Å². The van der Waals surface area contributed by atoms with E-state index in [1.54, 1.807) is 12.3 Å². The number of carbonyl (C=O) groups is 1. The number of aromatic nitrogens is 1. The van der Waals surface area contributed by atoms with E-state index in [2.05, 4.69) is 16.4 Å². The molecule has 0 spiro atoms. The van der Waals surface area contributed by atoms with Gasteiger partial charge in [-0.3, -0.25) is 14.7 Å². The second kappa shape index (κ2) is 7.26. The second-order valence-corrected chi connectivity index (χ2v) is 6.68. The predicted octanol–water partition coefficient (Wildman–Crippen LogP) is 3.11. The number of nitrogens with zero attached hydrogens (tertiary/aromatic N) is 3. The number of hydrogen-bond acceptors (Lipinski definition) is 5. The Morgan fingerprint density at radius 2 is 2.28 bits per heavy atom. The van der Waals surface area contributed by atoms with Crippen molar-refractivity contribution in [3.8, 4) is 6.07 Å². The molecule has 7 heteroatoms. The number of rotatable bonds is 6. The maximum Gasteiger partial charge on any atom is 0.317 e. The SMILES string of the molecule is CCN(CC(=O)O)C1CC(Nc2c(C#N)cnc3ccc(Cl)cc23)C1. The first kappa shape index (κ1) is 17.5. The zero-order chi connectivity index (χ0) is 18.0. The summed E-state index contributed by atoms with van der Waals surface area (Å²) in [4.78, 5) is 17.2.